The third-order valence-corrected chi connectivity index (χ3v) is 4.12. The third-order valence-electron chi connectivity index (χ3n) is 4.12. The first-order valence-electron chi connectivity index (χ1n) is 6.83. The van der Waals surface area contributed by atoms with E-state index in [9.17, 15) is 9.90 Å². The summed E-state index contributed by atoms with van der Waals surface area (Å²) in [6.45, 7) is 0. The van der Waals surface area contributed by atoms with Gasteiger partial charge in [0.1, 0.15) is 0 Å². The number of pyridine rings is 1. The van der Waals surface area contributed by atoms with E-state index in [1.54, 1.807) is 0 Å². The van der Waals surface area contributed by atoms with Crippen LogP contribution in [0.5, 0.6) is 0 Å². The van der Waals surface area contributed by atoms with Crippen LogP contribution < -0.4 is 0 Å². The van der Waals surface area contributed by atoms with E-state index in [1.807, 2.05) is 30.5 Å². The second-order valence-corrected chi connectivity index (χ2v) is 5.30. The van der Waals surface area contributed by atoms with Crippen molar-refractivity contribution in [2.75, 3.05) is 0 Å². The van der Waals surface area contributed by atoms with E-state index in [-0.39, 0.29) is 11.8 Å². The lowest BCUT2D eigenvalue weighted by Gasteiger charge is -2.28. The molecule has 1 fully saturated rings. The van der Waals surface area contributed by atoms with Crippen LogP contribution in [0.1, 0.15) is 37.2 Å². The highest BCUT2D eigenvalue weighted by Crippen LogP contribution is 2.38. The molecule has 3 heteroatoms. The standard InChI is InChI=1S/C16H17NO2/c18-16(19)14-7-3-2-6-13(14)12-9-11-5-1-4-8-15(11)17-10-12/h1,4-5,8-10,13-14H,2-3,6-7H2,(H,18,19). The number of benzene rings is 1. The van der Waals surface area contributed by atoms with E-state index < -0.39 is 5.97 Å². The van der Waals surface area contributed by atoms with E-state index in [0.717, 1.165) is 42.1 Å². The number of hydrogen-bond acceptors (Lipinski definition) is 2. The molecule has 1 aliphatic rings. The van der Waals surface area contributed by atoms with Gasteiger partial charge in [0, 0.05) is 11.6 Å². The summed E-state index contributed by atoms with van der Waals surface area (Å²) in [5.74, 6) is -0.807. The van der Waals surface area contributed by atoms with Crippen LogP contribution in [0.2, 0.25) is 0 Å². The molecule has 2 atom stereocenters. The minimum atomic E-state index is -0.669. The van der Waals surface area contributed by atoms with E-state index in [1.165, 1.54) is 0 Å². The van der Waals surface area contributed by atoms with E-state index in [2.05, 4.69) is 11.1 Å². The number of hydrogen-bond donors (Lipinski definition) is 1. The fraction of sp³-hybridized carbons (Fsp3) is 0.375. The van der Waals surface area contributed by atoms with Gasteiger partial charge in [-0.25, -0.2) is 0 Å². The molecule has 3 nitrogen and oxygen atoms in total. The van der Waals surface area contributed by atoms with E-state index in [4.69, 9.17) is 0 Å². The molecule has 19 heavy (non-hydrogen) atoms. The first kappa shape index (κ1) is 12.2. The first-order valence-corrected chi connectivity index (χ1v) is 6.83. The third kappa shape index (κ3) is 2.33. The fourth-order valence-electron chi connectivity index (χ4n) is 3.12. The molecule has 2 aromatic rings. The molecule has 0 radical (unpaired) electrons. The average molecular weight is 255 g/mol. The van der Waals surface area contributed by atoms with Crippen LogP contribution >= 0.6 is 0 Å². The summed E-state index contributed by atoms with van der Waals surface area (Å²) in [6, 6.07) is 10.1. The minimum Gasteiger partial charge on any atom is -0.481 e. The molecule has 3 rings (SSSR count). The van der Waals surface area contributed by atoms with Crippen molar-refractivity contribution in [3.05, 3.63) is 42.1 Å². The van der Waals surface area contributed by atoms with Crippen molar-refractivity contribution < 1.29 is 9.90 Å². The molecule has 0 saturated heterocycles. The van der Waals surface area contributed by atoms with Gasteiger partial charge in [-0.2, -0.15) is 0 Å². The highest BCUT2D eigenvalue weighted by atomic mass is 16.4. The average Bonchev–Trinajstić information content (AvgIpc) is 2.46. The molecular formula is C16H17NO2. The topological polar surface area (TPSA) is 50.2 Å². The van der Waals surface area contributed by atoms with Crippen molar-refractivity contribution in [2.24, 2.45) is 5.92 Å². The zero-order valence-corrected chi connectivity index (χ0v) is 10.7. The number of fused-ring (bicyclic) bond motifs is 1. The number of carboxylic acids is 1. The van der Waals surface area contributed by atoms with Gasteiger partial charge in [0.05, 0.1) is 11.4 Å². The molecule has 0 spiro atoms. The monoisotopic (exact) mass is 255 g/mol. The Morgan fingerprint density at radius 3 is 2.84 bits per heavy atom. The summed E-state index contributed by atoms with van der Waals surface area (Å²) in [5, 5.41) is 10.5. The van der Waals surface area contributed by atoms with Gasteiger partial charge in [0.25, 0.3) is 0 Å². The number of para-hydroxylation sites is 1. The molecule has 2 unspecified atom stereocenters. The first-order chi connectivity index (χ1) is 9.25. The summed E-state index contributed by atoms with van der Waals surface area (Å²) in [6.07, 6.45) is 5.73. The Labute approximate surface area is 112 Å². The maximum atomic E-state index is 11.4. The molecule has 1 aliphatic carbocycles. The highest BCUT2D eigenvalue weighted by molar-refractivity contribution is 5.79. The summed E-state index contributed by atoms with van der Waals surface area (Å²) in [4.78, 5) is 15.8. The molecule has 0 amide bonds. The summed E-state index contributed by atoms with van der Waals surface area (Å²) < 4.78 is 0. The van der Waals surface area contributed by atoms with Crippen molar-refractivity contribution in [1.82, 2.24) is 4.98 Å². The van der Waals surface area contributed by atoms with Crippen molar-refractivity contribution in [3.63, 3.8) is 0 Å². The molecule has 1 aromatic heterocycles. The number of aromatic nitrogens is 1. The van der Waals surface area contributed by atoms with Crippen molar-refractivity contribution in [1.29, 1.82) is 0 Å². The quantitative estimate of drug-likeness (QED) is 0.892. The van der Waals surface area contributed by atoms with Crippen LogP contribution in [0.3, 0.4) is 0 Å². The number of carboxylic acid groups (broad SMARTS) is 1. The smallest absolute Gasteiger partial charge is 0.307 e. The van der Waals surface area contributed by atoms with Crippen molar-refractivity contribution >= 4 is 16.9 Å². The lowest BCUT2D eigenvalue weighted by Crippen LogP contribution is -2.25. The molecule has 0 aliphatic heterocycles. The van der Waals surface area contributed by atoms with Gasteiger partial charge in [-0.15, -0.1) is 0 Å². The fourth-order valence-corrected chi connectivity index (χ4v) is 3.12. The number of carbonyl (C=O) groups is 1. The minimum absolute atomic E-state index is 0.114. The summed E-state index contributed by atoms with van der Waals surface area (Å²) in [5.41, 5.74) is 2.04. The predicted molar refractivity (Wildman–Crippen MR) is 74.1 cm³/mol. The Kier molecular flexibility index (Phi) is 3.20. The van der Waals surface area contributed by atoms with Crippen LogP contribution in [0.4, 0.5) is 0 Å². The van der Waals surface area contributed by atoms with Gasteiger partial charge in [-0.05, 0) is 36.5 Å². The molecule has 1 N–H and O–H groups in total. The van der Waals surface area contributed by atoms with Crippen LogP contribution in [0, 0.1) is 5.92 Å². The van der Waals surface area contributed by atoms with E-state index in [0.29, 0.717) is 0 Å². The number of rotatable bonds is 2. The van der Waals surface area contributed by atoms with Crippen LogP contribution in [-0.4, -0.2) is 16.1 Å². The van der Waals surface area contributed by atoms with Gasteiger partial charge < -0.3 is 5.11 Å². The number of nitrogens with zero attached hydrogens (tertiary/aromatic N) is 1. The van der Waals surface area contributed by atoms with Gasteiger partial charge in [-0.1, -0.05) is 31.0 Å². The summed E-state index contributed by atoms with van der Waals surface area (Å²) in [7, 11) is 0. The number of aliphatic carboxylic acids is 1. The van der Waals surface area contributed by atoms with Crippen LogP contribution in [0.25, 0.3) is 10.9 Å². The van der Waals surface area contributed by atoms with Gasteiger partial charge in [0.2, 0.25) is 0 Å². The van der Waals surface area contributed by atoms with Crippen LogP contribution in [0.15, 0.2) is 36.5 Å². The lowest BCUT2D eigenvalue weighted by molar-refractivity contribution is -0.143. The Balaban J connectivity index is 1.99. The van der Waals surface area contributed by atoms with Gasteiger partial charge in [0.15, 0.2) is 0 Å². The zero-order valence-electron chi connectivity index (χ0n) is 10.7. The second kappa shape index (κ2) is 5.00. The van der Waals surface area contributed by atoms with Crippen molar-refractivity contribution in [2.45, 2.75) is 31.6 Å². The maximum absolute atomic E-state index is 11.4. The molecular weight excluding hydrogens is 238 g/mol. The largest absolute Gasteiger partial charge is 0.481 e. The maximum Gasteiger partial charge on any atom is 0.307 e. The van der Waals surface area contributed by atoms with Gasteiger partial charge in [-0.3, -0.25) is 9.78 Å². The Bertz CT molecular complexity index is 608. The van der Waals surface area contributed by atoms with Gasteiger partial charge >= 0.3 is 5.97 Å². The second-order valence-electron chi connectivity index (χ2n) is 5.30. The molecule has 1 heterocycles. The molecule has 1 saturated carbocycles. The SMILES string of the molecule is O=C(O)C1CCCCC1c1cnc2ccccc2c1. The summed E-state index contributed by atoms with van der Waals surface area (Å²) >= 11 is 0. The Morgan fingerprint density at radius 2 is 2.00 bits per heavy atom. The van der Waals surface area contributed by atoms with E-state index >= 15 is 0 Å². The van der Waals surface area contributed by atoms with Crippen LogP contribution in [-0.2, 0) is 4.79 Å². The normalized spacial score (nSPS) is 23.4. The highest BCUT2D eigenvalue weighted by Gasteiger charge is 2.32. The predicted octanol–water partition coefficient (Wildman–Crippen LogP) is 3.59. The Hall–Kier alpha value is -1.90. The van der Waals surface area contributed by atoms with Crippen molar-refractivity contribution in [3.8, 4) is 0 Å². The molecule has 0 bridgehead atoms. The zero-order chi connectivity index (χ0) is 13.2. The lowest BCUT2D eigenvalue weighted by atomic mass is 9.76. The Morgan fingerprint density at radius 1 is 1.21 bits per heavy atom. The molecule has 1 aromatic carbocycles. The molecule has 98 valence electrons.